The van der Waals surface area contributed by atoms with E-state index in [4.69, 9.17) is 11.5 Å². The minimum Gasteiger partial charge on any atom is -0.391 e. The molecule has 1 unspecified atom stereocenters. The van der Waals surface area contributed by atoms with E-state index in [0.29, 0.717) is 12.8 Å². The van der Waals surface area contributed by atoms with Crippen LogP contribution in [0.2, 0.25) is 0 Å². The highest BCUT2D eigenvalue weighted by Crippen LogP contribution is 2.09. The van der Waals surface area contributed by atoms with E-state index in [2.05, 4.69) is 26.3 Å². The molecule has 0 spiro atoms. The van der Waals surface area contributed by atoms with E-state index in [1.807, 2.05) is 60.7 Å². The minimum atomic E-state index is -1.50. The van der Waals surface area contributed by atoms with Crippen LogP contribution in [0.1, 0.15) is 64.5 Å². The first kappa shape index (κ1) is 38.4. The smallest absolute Gasteiger partial charge is 0.290 e. The molecule has 4 atom stereocenters. The van der Waals surface area contributed by atoms with Crippen molar-refractivity contribution >= 4 is 35.4 Å². The number of aliphatic hydroxyl groups excluding tert-OH is 1. The number of aryl methyl sites for hydroxylation is 2. The van der Waals surface area contributed by atoms with Gasteiger partial charge in [-0.05, 0) is 70.9 Å². The zero-order chi connectivity index (χ0) is 35.0. The predicted molar refractivity (Wildman–Crippen MR) is 180 cm³/mol. The first-order chi connectivity index (χ1) is 22.2. The third-order valence-electron chi connectivity index (χ3n) is 7.05. The summed E-state index contributed by atoms with van der Waals surface area (Å²) in [5.41, 5.74) is 11.9. The number of Topliss-reactive ketones (excluding diaryl/α,β-unsaturated/α-hetero) is 1. The van der Waals surface area contributed by atoms with Crippen LogP contribution in [-0.2, 0) is 36.8 Å². The van der Waals surface area contributed by atoms with E-state index >= 15 is 0 Å². The molecule has 4 amide bonds. The molecule has 0 aliphatic heterocycles. The van der Waals surface area contributed by atoms with E-state index in [-0.39, 0.29) is 44.1 Å². The second kappa shape index (κ2) is 19.0. The van der Waals surface area contributed by atoms with Gasteiger partial charge in [0.25, 0.3) is 5.91 Å². The number of guanidine groups is 1. The Morgan fingerprint density at radius 2 is 1.36 bits per heavy atom. The fourth-order valence-corrected chi connectivity index (χ4v) is 4.65. The zero-order valence-electron chi connectivity index (χ0n) is 27.6. The molecule has 0 heterocycles. The van der Waals surface area contributed by atoms with Crippen LogP contribution in [0.5, 0.6) is 0 Å². The Hall–Kier alpha value is -4.78. The highest BCUT2D eigenvalue weighted by Gasteiger charge is 2.34. The highest BCUT2D eigenvalue weighted by atomic mass is 16.3. The molecule has 13 nitrogen and oxygen atoms in total. The second-order valence-corrected chi connectivity index (χ2v) is 12.4. The Labute approximate surface area is 276 Å². The van der Waals surface area contributed by atoms with Crippen molar-refractivity contribution in [2.24, 2.45) is 16.5 Å². The number of hydrogen-bond donors (Lipinski definition) is 7. The lowest BCUT2D eigenvalue weighted by Crippen LogP contribution is -2.60. The van der Waals surface area contributed by atoms with Gasteiger partial charge in [-0.1, -0.05) is 60.7 Å². The number of aliphatic hydroxyl groups is 1. The van der Waals surface area contributed by atoms with Crippen LogP contribution in [0.3, 0.4) is 0 Å². The molecule has 0 saturated heterocycles. The van der Waals surface area contributed by atoms with Crippen LogP contribution >= 0.6 is 0 Å². The number of ketones is 1. The molecule has 256 valence electrons. The van der Waals surface area contributed by atoms with Crippen LogP contribution < -0.4 is 32.7 Å². The van der Waals surface area contributed by atoms with E-state index in [0.717, 1.165) is 11.1 Å². The first-order valence-corrected chi connectivity index (χ1v) is 15.7. The lowest BCUT2D eigenvalue weighted by molar-refractivity contribution is -0.141. The molecule has 0 saturated carbocycles. The monoisotopic (exact) mass is 651 g/mol. The number of hydrogen-bond acceptors (Lipinski definition) is 7. The number of nitrogens with two attached hydrogens (primary N) is 2. The summed E-state index contributed by atoms with van der Waals surface area (Å²) in [4.78, 5) is 69.6. The third-order valence-corrected chi connectivity index (χ3v) is 7.05. The van der Waals surface area contributed by atoms with Gasteiger partial charge in [-0.25, -0.2) is 0 Å². The molecule has 2 aromatic carbocycles. The number of carbonyl (C=O) groups is 5. The van der Waals surface area contributed by atoms with Gasteiger partial charge in [0.2, 0.25) is 23.5 Å². The Kier molecular flexibility index (Phi) is 15.5. The number of benzene rings is 2. The highest BCUT2D eigenvalue weighted by molar-refractivity contribution is 6.38. The maximum Gasteiger partial charge on any atom is 0.290 e. The molecule has 0 bridgehead atoms. The molecule has 2 rings (SSSR count). The quantitative estimate of drug-likeness (QED) is 0.0523. The Morgan fingerprint density at radius 1 is 0.787 bits per heavy atom. The van der Waals surface area contributed by atoms with Crippen molar-refractivity contribution < 1.29 is 29.1 Å². The third kappa shape index (κ3) is 14.9. The van der Waals surface area contributed by atoms with Gasteiger partial charge in [-0.3, -0.25) is 29.0 Å². The maximum absolute atomic E-state index is 13.6. The minimum absolute atomic E-state index is 0.0105. The first-order valence-electron chi connectivity index (χ1n) is 15.7. The number of nitrogens with one attached hydrogen (secondary N) is 4. The number of rotatable bonds is 18. The summed E-state index contributed by atoms with van der Waals surface area (Å²) >= 11 is 0. The van der Waals surface area contributed by atoms with Gasteiger partial charge in [0.15, 0.2) is 5.96 Å². The van der Waals surface area contributed by atoms with E-state index in [1.165, 1.54) is 6.92 Å². The number of amides is 4. The molecule has 13 heteroatoms. The van der Waals surface area contributed by atoms with E-state index in [9.17, 15) is 29.1 Å². The van der Waals surface area contributed by atoms with Gasteiger partial charge in [0.05, 0.1) is 12.1 Å². The maximum atomic E-state index is 13.6. The average molecular weight is 652 g/mol. The Balaban J connectivity index is 2.20. The summed E-state index contributed by atoms with van der Waals surface area (Å²) in [6.45, 7) is 6.57. The van der Waals surface area contributed by atoms with E-state index in [1.54, 1.807) is 20.8 Å². The molecular weight excluding hydrogens is 602 g/mol. The van der Waals surface area contributed by atoms with Gasteiger partial charge >= 0.3 is 0 Å². The van der Waals surface area contributed by atoms with Gasteiger partial charge in [-0.15, -0.1) is 0 Å². The van der Waals surface area contributed by atoms with Crippen LogP contribution in [0.25, 0.3) is 0 Å². The molecule has 0 fully saturated rings. The van der Waals surface area contributed by atoms with Crippen molar-refractivity contribution in [2.45, 2.75) is 96.0 Å². The number of carbonyl (C=O) groups excluding carboxylic acids is 5. The zero-order valence-corrected chi connectivity index (χ0v) is 27.6. The van der Waals surface area contributed by atoms with Gasteiger partial charge in [0.1, 0.15) is 12.1 Å². The summed E-state index contributed by atoms with van der Waals surface area (Å²) in [5.74, 6) is -3.86. The SMILES string of the molecule is C[C@H](O)[C@H](NC(=O)[C@H](CCc1ccccc1)NC(=O)CCc1ccccc1)C(=O)NC(CCCN=C(N)N)C(=O)C(=O)NC(C)(C)C. The Bertz CT molecular complexity index is 1360. The number of nitrogens with zero attached hydrogens (tertiary/aromatic N) is 1. The molecule has 47 heavy (non-hydrogen) atoms. The normalized spacial score (nSPS) is 13.6. The van der Waals surface area contributed by atoms with Crippen LogP contribution in [0, 0.1) is 0 Å². The molecular formula is C34H49N7O6. The Morgan fingerprint density at radius 3 is 1.89 bits per heavy atom. The molecule has 0 aliphatic carbocycles. The van der Waals surface area contributed by atoms with Crippen molar-refractivity contribution in [2.75, 3.05) is 6.54 Å². The van der Waals surface area contributed by atoms with Crippen molar-refractivity contribution in [3.63, 3.8) is 0 Å². The molecule has 0 radical (unpaired) electrons. The topological polar surface area (TPSA) is 218 Å². The fourth-order valence-electron chi connectivity index (χ4n) is 4.65. The molecule has 0 aromatic heterocycles. The van der Waals surface area contributed by atoms with Crippen molar-refractivity contribution in [3.8, 4) is 0 Å². The number of aliphatic imine (C=N–C) groups is 1. The lowest BCUT2D eigenvalue weighted by Gasteiger charge is -2.27. The average Bonchev–Trinajstić information content (AvgIpc) is 3.01. The lowest BCUT2D eigenvalue weighted by atomic mass is 10.0. The summed E-state index contributed by atoms with van der Waals surface area (Å²) in [6.07, 6.45) is 0.164. The summed E-state index contributed by atoms with van der Waals surface area (Å²) in [6, 6.07) is 15.1. The summed E-state index contributed by atoms with van der Waals surface area (Å²) < 4.78 is 0. The second-order valence-electron chi connectivity index (χ2n) is 12.4. The van der Waals surface area contributed by atoms with Gasteiger partial charge < -0.3 is 37.8 Å². The van der Waals surface area contributed by atoms with Crippen LogP contribution in [0.15, 0.2) is 65.7 Å². The van der Waals surface area contributed by atoms with Gasteiger partial charge in [0, 0.05) is 18.5 Å². The molecule has 2 aromatic rings. The van der Waals surface area contributed by atoms with Crippen molar-refractivity contribution in [1.29, 1.82) is 0 Å². The molecule has 0 aliphatic rings. The van der Waals surface area contributed by atoms with Crippen molar-refractivity contribution in [1.82, 2.24) is 21.3 Å². The summed E-state index contributed by atoms with van der Waals surface area (Å²) in [7, 11) is 0. The van der Waals surface area contributed by atoms with Crippen molar-refractivity contribution in [3.05, 3.63) is 71.8 Å². The predicted octanol–water partition coefficient (Wildman–Crippen LogP) is 0.625. The van der Waals surface area contributed by atoms with Crippen LogP contribution in [0.4, 0.5) is 0 Å². The van der Waals surface area contributed by atoms with E-state index < -0.39 is 53.3 Å². The fraction of sp³-hybridized carbons (Fsp3) is 0.471. The summed E-state index contributed by atoms with van der Waals surface area (Å²) in [5, 5.41) is 20.9. The standard InChI is InChI=1S/C34H49N7O6/c1-22(42)28(31(46)39-25(16-11-21-37-33(35)36)29(44)32(47)41-34(2,3)4)40-30(45)26(19-17-23-12-7-5-8-13-23)38-27(43)20-18-24-14-9-6-10-15-24/h5-10,12-15,22,25-26,28,42H,11,16-21H2,1-4H3,(H,38,43)(H,39,46)(H,40,45)(H,41,47)(H4,35,36,37)/t22-,25?,26-,28-/m0/s1. The molecule has 9 N–H and O–H groups in total. The van der Waals surface area contributed by atoms with Crippen LogP contribution in [-0.4, -0.2) is 76.8 Å². The largest absolute Gasteiger partial charge is 0.391 e. The van der Waals surface area contributed by atoms with Gasteiger partial charge in [-0.2, -0.15) is 0 Å².